The van der Waals surface area contributed by atoms with Gasteiger partial charge < -0.3 is 10.6 Å². The smallest absolute Gasteiger partial charge is 0.253 e. The van der Waals surface area contributed by atoms with Crippen LogP contribution < -0.4 is 5.73 Å². The van der Waals surface area contributed by atoms with E-state index in [2.05, 4.69) is 19.1 Å². The van der Waals surface area contributed by atoms with Crippen LogP contribution in [0.3, 0.4) is 0 Å². The van der Waals surface area contributed by atoms with Crippen LogP contribution in [0.1, 0.15) is 33.7 Å². The van der Waals surface area contributed by atoms with Crippen LogP contribution in [0.5, 0.6) is 0 Å². The van der Waals surface area contributed by atoms with Gasteiger partial charge in [-0.15, -0.1) is 12.4 Å². The number of likely N-dealkylation sites (tertiary alicyclic amines) is 1. The minimum Gasteiger partial charge on any atom is -0.337 e. The van der Waals surface area contributed by atoms with Gasteiger partial charge in [0, 0.05) is 36.0 Å². The molecule has 0 radical (unpaired) electrons. The molecule has 1 fully saturated rings. The fraction of sp³-hybridized carbons (Fsp3) is 0.304. The molecule has 0 saturated carbocycles. The highest BCUT2D eigenvalue weighted by Gasteiger charge is 2.24. The summed E-state index contributed by atoms with van der Waals surface area (Å²) in [5, 5.41) is 4.74. The van der Waals surface area contributed by atoms with E-state index in [1.807, 2.05) is 59.0 Å². The maximum Gasteiger partial charge on any atom is 0.253 e. The van der Waals surface area contributed by atoms with E-state index in [0.717, 1.165) is 42.0 Å². The third-order valence-electron chi connectivity index (χ3n) is 5.49. The largest absolute Gasteiger partial charge is 0.337 e. The van der Waals surface area contributed by atoms with E-state index in [0.29, 0.717) is 12.1 Å². The number of amides is 1. The van der Waals surface area contributed by atoms with Crippen molar-refractivity contribution < 1.29 is 4.79 Å². The Morgan fingerprint density at radius 3 is 2.41 bits per heavy atom. The van der Waals surface area contributed by atoms with Crippen molar-refractivity contribution in [2.75, 3.05) is 13.1 Å². The van der Waals surface area contributed by atoms with Crippen molar-refractivity contribution in [3.05, 3.63) is 77.1 Å². The lowest BCUT2D eigenvalue weighted by molar-refractivity contribution is 0.0791. The average Bonchev–Trinajstić information content (AvgIpc) is 3.25. The summed E-state index contributed by atoms with van der Waals surface area (Å²) in [6, 6.07) is 18.3. The fourth-order valence-electron chi connectivity index (χ4n) is 3.96. The number of carbonyl (C=O) groups excluding carboxylic acids is 1. The van der Waals surface area contributed by atoms with Gasteiger partial charge in [0.1, 0.15) is 0 Å². The van der Waals surface area contributed by atoms with E-state index >= 15 is 0 Å². The second-order valence-corrected chi connectivity index (χ2v) is 7.57. The van der Waals surface area contributed by atoms with Crippen molar-refractivity contribution in [3.8, 4) is 11.1 Å². The van der Waals surface area contributed by atoms with Gasteiger partial charge in [0.25, 0.3) is 5.91 Å². The summed E-state index contributed by atoms with van der Waals surface area (Å²) in [5.74, 6) is 0.0627. The van der Waals surface area contributed by atoms with Crippen LogP contribution in [0.2, 0.25) is 0 Å². The number of nitrogens with zero attached hydrogens (tertiary/aromatic N) is 3. The van der Waals surface area contributed by atoms with Crippen molar-refractivity contribution in [3.63, 3.8) is 0 Å². The Balaban J connectivity index is 0.00000240. The summed E-state index contributed by atoms with van der Waals surface area (Å²) in [5.41, 5.74) is 12.2. The van der Waals surface area contributed by atoms with E-state index in [1.165, 1.54) is 5.56 Å². The SMILES string of the molecule is Cc1nn(Cc2ccccc2)c(C)c1-c1ccc(C(=O)N2CCC(N)C2)cc1.Cl. The Morgan fingerprint density at radius 2 is 1.79 bits per heavy atom. The van der Waals surface area contributed by atoms with E-state index in [1.54, 1.807) is 0 Å². The van der Waals surface area contributed by atoms with Gasteiger partial charge in [-0.25, -0.2) is 0 Å². The monoisotopic (exact) mass is 410 g/mol. The molecule has 2 aromatic carbocycles. The van der Waals surface area contributed by atoms with Crippen LogP contribution in [0.15, 0.2) is 54.6 Å². The second-order valence-electron chi connectivity index (χ2n) is 7.57. The molecule has 1 aliphatic rings. The molecule has 0 aliphatic carbocycles. The molecule has 2 N–H and O–H groups in total. The zero-order valence-corrected chi connectivity index (χ0v) is 17.7. The van der Waals surface area contributed by atoms with Crippen molar-refractivity contribution in [1.82, 2.24) is 14.7 Å². The maximum absolute atomic E-state index is 12.6. The molecule has 3 aromatic rings. The number of rotatable bonds is 4. The maximum atomic E-state index is 12.6. The number of aromatic nitrogens is 2. The topological polar surface area (TPSA) is 64.2 Å². The quantitative estimate of drug-likeness (QED) is 0.711. The third-order valence-corrected chi connectivity index (χ3v) is 5.49. The summed E-state index contributed by atoms with van der Waals surface area (Å²) < 4.78 is 2.05. The molecule has 5 nitrogen and oxygen atoms in total. The fourth-order valence-corrected chi connectivity index (χ4v) is 3.96. The Labute approximate surface area is 177 Å². The number of hydrogen-bond acceptors (Lipinski definition) is 3. The van der Waals surface area contributed by atoms with E-state index in [9.17, 15) is 4.79 Å². The predicted molar refractivity (Wildman–Crippen MR) is 118 cm³/mol. The highest BCUT2D eigenvalue weighted by atomic mass is 35.5. The summed E-state index contributed by atoms with van der Waals surface area (Å²) in [6.45, 7) is 6.27. The molecule has 1 atom stereocenters. The Bertz CT molecular complexity index is 982. The first-order valence-corrected chi connectivity index (χ1v) is 9.76. The normalized spacial score (nSPS) is 16.0. The molecule has 29 heavy (non-hydrogen) atoms. The van der Waals surface area contributed by atoms with Crippen LogP contribution in [-0.2, 0) is 6.54 Å². The number of benzene rings is 2. The lowest BCUT2D eigenvalue weighted by atomic mass is 10.0. The first-order chi connectivity index (χ1) is 13.5. The molecule has 1 aromatic heterocycles. The Morgan fingerprint density at radius 1 is 1.10 bits per heavy atom. The zero-order valence-electron chi connectivity index (χ0n) is 16.8. The van der Waals surface area contributed by atoms with Gasteiger partial charge in [-0.2, -0.15) is 5.10 Å². The highest BCUT2D eigenvalue weighted by molar-refractivity contribution is 5.95. The molecule has 1 amide bonds. The first-order valence-electron chi connectivity index (χ1n) is 9.76. The number of nitrogens with two attached hydrogens (primary N) is 1. The molecule has 0 spiro atoms. The summed E-state index contributed by atoms with van der Waals surface area (Å²) in [6.07, 6.45) is 0.878. The summed E-state index contributed by atoms with van der Waals surface area (Å²) >= 11 is 0. The number of halogens is 1. The predicted octanol–water partition coefficient (Wildman–Crippen LogP) is 3.81. The lowest BCUT2D eigenvalue weighted by Crippen LogP contribution is -2.31. The van der Waals surface area contributed by atoms with Gasteiger partial charge in [-0.05, 0) is 43.5 Å². The highest BCUT2D eigenvalue weighted by Crippen LogP contribution is 2.28. The van der Waals surface area contributed by atoms with Gasteiger partial charge in [0.05, 0.1) is 12.2 Å². The van der Waals surface area contributed by atoms with Crippen LogP contribution >= 0.6 is 12.4 Å². The molecule has 1 aliphatic heterocycles. The molecule has 4 rings (SSSR count). The van der Waals surface area contributed by atoms with Crippen LogP contribution in [0, 0.1) is 13.8 Å². The van der Waals surface area contributed by atoms with Crippen molar-refractivity contribution in [1.29, 1.82) is 0 Å². The molecular weight excluding hydrogens is 384 g/mol. The number of hydrogen-bond donors (Lipinski definition) is 1. The molecular formula is C23H27ClN4O. The minimum absolute atomic E-state index is 0. The number of carbonyl (C=O) groups is 1. The van der Waals surface area contributed by atoms with E-state index < -0.39 is 0 Å². The van der Waals surface area contributed by atoms with Crippen molar-refractivity contribution >= 4 is 18.3 Å². The number of aryl methyl sites for hydroxylation is 1. The van der Waals surface area contributed by atoms with Crippen LogP contribution in [0.4, 0.5) is 0 Å². The van der Waals surface area contributed by atoms with Gasteiger partial charge in [0.15, 0.2) is 0 Å². The molecule has 152 valence electrons. The van der Waals surface area contributed by atoms with Gasteiger partial charge in [-0.3, -0.25) is 9.48 Å². The van der Waals surface area contributed by atoms with Gasteiger partial charge >= 0.3 is 0 Å². The van der Waals surface area contributed by atoms with Gasteiger partial charge in [-0.1, -0.05) is 42.5 Å². The molecule has 2 heterocycles. The summed E-state index contributed by atoms with van der Waals surface area (Å²) in [4.78, 5) is 14.5. The summed E-state index contributed by atoms with van der Waals surface area (Å²) in [7, 11) is 0. The lowest BCUT2D eigenvalue weighted by Gasteiger charge is -2.16. The molecule has 1 saturated heterocycles. The van der Waals surface area contributed by atoms with Crippen LogP contribution in [0.25, 0.3) is 11.1 Å². The van der Waals surface area contributed by atoms with Gasteiger partial charge in [0.2, 0.25) is 0 Å². The van der Waals surface area contributed by atoms with Crippen molar-refractivity contribution in [2.45, 2.75) is 32.9 Å². The molecule has 0 bridgehead atoms. The Kier molecular flexibility index (Phi) is 6.40. The van der Waals surface area contributed by atoms with E-state index in [-0.39, 0.29) is 24.4 Å². The van der Waals surface area contributed by atoms with Crippen LogP contribution in [-0.4, -0.2) is 39.7 Å². The first kappa shape index (κ1) is 21.1. The van der Waals surface area contributed by atoms with E-state index in [4.69, 9.17) is 10.8 Å². The molecule has 6 heteroatoms. The molecule has 1 unspecified atom stereocenters. The second kappa shape index (κ2) is 8.80. The third kappa shape index (κ3) is 4.36. The minimum atomic E-state index is 0. The zero-order chi connectivity index (χ0) is 19.7. The standard InChI is InChI=1S/C23H26N4O.ClH/c1-16-22(17(2)27(25-16)14-18-6-4-3-5-7-18)19-8-10-20(11-9-19)23(28)26-13-12-21(24)15-26;/h3-11,21H,12-15,24H2,1-2H3;1H. The van der Waals surface area contributed by atoms with Crippen molar-refractivity contribution in [2.24, 2.45) is 5.73 Å². The Hall–Kier alpha value is -2.63. The average molecular weight is 411 g/mol.